The molecule has 0 amide bonds. The quantitative estimate of drug-likeness (QED) is 0.764. The second-order valence-corrected chi connectivity index (χ2v) is 4.95. The lowest BCUT2D eigenvalue weighted by atomic mass is 9.90. The monoisotopic (exact) mass is 251 g/mol. The number of aromatic hydroxyl groups is 1. The summed E-state index contributed by atoms with van der Waals surface area (Å²) in [5.74, 6) is 0.836. The van der Waals surface area contributed by atoms with Gasteiger partial charge in [-0.25, -0.2) is 0 Å². The molecule has 4 nitrogen and oxygen atoms in total. The highest BCUT2D eigenvalue weighted by molar-refractivity contribution is 5.46. The first-order valence-corrected chi connectivity index (χ1v) is 6.44. The molecule has 18 heavy (non-hydrogen) atoms. The minimum atomic E-state index is -0.630. The second-order valence-electron chi connectivity index (χ2n) is 4.95. The molecule has 2 rings (SSSR count). The van der Waals surface area contributed by atoms with E-state index in [1.807, 2.05) is 0 Å². The zero-order valence-electron chi connectivity index (χ0n) is 10.7. The minimum Gasteiger partial charge on any atom is -0.507 e. The van der Waals surface area contributed by atoms with Crippen molar-refractivity contribution in [3.05, 3.63) is 23.8 Å². The number of hydrogen-bond acceptors (Lipinski definition) is 4. The lowest BCUT2D eigenvalue weighted by molar-refractivity contribution is 0.0827. The number of aliphatic hydroxyl groups excluding tert-OH is 1. The molecule has 0 heterocycles. The van der Waals surface area contributed by atoms with Gasteiger partial charge in [0.1, 0.15) is 11.5 Å². The molecule has 1 aromatic carbocycles. The molecule has 1 saturated carbocycles. The summed E-state index contributed by atoms with van der Waals surface area (Å²) in [7, 11) is 1.53. The van der Waals surface area contributed by atoms with Crippen LogP contribution in [0.4, 0.5) is 0 Å². The van der Waals surface area contributed by atoms with E-state index in [1.165, 1.54) is 7.11 Å². The summed E-state index contributed by atoms with van der Waals surface area (Å²) in [5, 5.41) is 20.2. The third-order valence-electron chi connectivity index (χ3n) is 3.85. The fraction of sp³-hybridized carbons (Fsp3) is 0.571. The zero-order chi connectivity index (χ0) is 13.1. The molecule has 0 radical (unpaired) electrons. The summed E-state index contributed by atoms with van der Waals surface area (Å²) < 4.78 is 5.21. The Balaban J connectivity index is 2.24. The number of phenolic OH excluding ortho intramolecular Hbond substituents is 1. The first-order valence-electron chi connectivity index (χ1n) is 6.44. The molecule has 4 N–H and O–H groups in total. The van der Waals surface area contributed by atoms with Crippen LogP contribution in [0.1, 0.15) is 37.3 Å². The summed E-state index contributed by atoms with van der Waals surface area (Å²) in [6, 6.07) is 4.41. The first kappa shape index (κ1) is 13.2. The van der Waals surface area contributed by atoms with Crippen molar-refractivity contribution in [3.63, 3.8) is 0 Å². The average Bonchev–Trinajstić information content (AvgIpc) is 2.90. The predicted octanol–water partition coefficient (Wildman–Crippen LogP) is 1.95. The normalized spacial score (nSPS) is 19.7. The van der Waals surface area contributed by atoms with Crippen LogP contribution in [0.5, 0.6) is 11.5 Å². The van der Waals surface area contributed by atoms with E-state index in [0.717, 1.165) is 25.7 Å². The van der Waals surface area contributed by atoms with E-state index in [-0.39, 0.29) is 11.7 Å². The van der Waals surface area contributed by atoms with Gasteiger partial charge in [0.05, 0.1) is 24.8 Å². The fourth-order valence-corrected chi connectivity index (χ4v) is 2.81. The molecule has 0 bridgehead atoms. The van der Waals surface area contributed by atoms with E-state index in [4.69, 9.17) is 10.5 Å². The molecule has 0 saturated heterocycles. The topological polar surface area (TPSA) is 75.7 Å². The van der Waals surface area contributed by atoms with Gasteiger partial charge in [-0.3, -0.25) is 0 Å². The maximum Gasteiger partial charge on any atom is 0.127 e. The molecular formula is C14H21NO3. The van der Waals surface area contributed by atoms with Gasteiger partial charge in [0.25, 0.3) is 0 Å². The van der Waals surface area contributed by atoms with Crippen LogP contribution in [-0.2, 0) is 0 Å². The number of methoxy groups -OCH3 is 1. The lowest BCUT2D eigenvalue weighted by Gasteiger charge is -2.26. The number of nitrogens with two attached hydrogens (primary N) is 1. The summed E-state index contributed by atoms with van der Waals surface area (Å²) in [6.45, 7) is 0. The third kappa shape index (κ3) is 2.44. The van der Waals surface area contributed by atoms with Crippen LogP contribution in [-0.4, -0.2) is 23.4 Å². The van der Waals surface area contributed by atoms with Gasteiger partial charge < -0.3 is 20.7 Å². The first-order chi connectivity index (χ1) is 8.65. The van der Waals surface area contributed by atoms with Crippen molar-refractivity contribution in [1.82, 2.24) is 0 Å². The van der Waals surface area contributed by atoms with Crippen molar-refractivity contribution in [2.45, 2.75) is 37.8 Å². The molecule has 0 unspecified atom stereocenters. The summed E-state index contributed by atoms with van der Waals surface area (Å²) >= 11 is 0. The Morgan fingerprint density at radius 2 is 2.00 bits per heavy atom. The SMILES string of the molecule is COc1cccc(O)c1[C@@H](N)[C@@H](O)C1CCCC1. The van der Waals surface area contributed by atoms with E-state index in [2.05, 4.69) is 0 Å². The number of ether oxygens (including phenoxy) is 1. The Bertz CT molecular complexity index is 402. The van der Waals surface area contributed by atoms with Crippen LogP contribution in [0, 0.1) is 5.92 Å². The van der Waals surface area contributed by atoms with Crippen LogP contribution in [0.2, 0.25) is 0 Å². The Morgan fingerprint density at radius 3 is 2.61 bits per heavy atom. The highest BCUT2D eigenvalue weighted by Gasteiger charge is 2.31. The molecule has 1 aromatic rings. The molecule has 1 aliphatic carbocycles. The van der Waals surface area contributed by atoms with Gasteiger partial charge in [0, 0.05) is 0 Å². The van der Waals surface area contributed by atoms with E-state index in [1.54, 1.807) is 18.2 Å². The van der Waals surface area contributed by atoms with E-state index >= 15 is 0 Å². The Morgan fingerprint density at radius 1 is 1.33 bits per heavy atom. The smallest absolute Gasteiger partial charge is 0.127 e. The number of phenols is 1. The molecule has 0 aliphatic heterocycles. The van der Waals surface area contributed by atoms with Crippen LogP contribution >= 0.6 is 0 Å². The van der Waals surface area contributed by atoms with Crippen molar-refractivity contribution in [1.29, 1.82) is 0 Å². The van der Waals surface area contributed by atoms with Crippen molar-refractivity contribution in [3.8, 4) is 11.5 Å². The molecule has 4 heteroatoms. The largest absolute Gasteiger partial charge is 0.507 e. The van der Waals surface area contributed by atoms with Crippen molar-refractivity contribution in [2.24, 2.45) is 11.7 Å². The summed E-state index contributed by atoms with van der Waals surface area (Å²) in [4.78, 5) is 0. The van der Waals surface area contributed by atoms with Crippen LogP contribution in [0.25, 0.3) is 0 Å². The number of benzene rings is 1. The van der Waals surface area contributed by atoms with Crippen molar-refractivity contribution in [2.75, 3.05) is 7.11 Å². The molecule has 0 aromatic heterocycles. The van der Waals surface area contributed by atoms with E-state index in [9.17, 15) is 10.2 Å². The highest BCUT2D eigenvalue weighted by atomic mass is 16.5. The van der Waals surface area contributed by atoms with Gasteiger partial charge >= 0.3 is 0 Å². The number of aliphatic hydroxyl groups is 1. The van der Waals surface area contributed by atoms with Gasteiger partial charge in [-0.1, -0.05) is 18.9 Å². The molecule has 1 fully saturated rings. The fourth-order valence-electron chi connectivity index (χ4n) is 2.81. The average molecular weight is 251 g/mol. The lowest BCUT2D eigenvalue weighted by Crippen LogP contribution is -2.32. The Hall–Kier alpha value is -1.26. The van der Waals surface area contributed by atoms with Crippen LogP contribution < -0.4 is 10.5 Å². The zero-order valence-corrected chi connectivity index (χ0v) is 10.7. The van der Waals surface area contributed by atoms with Crippen molar-refractivity contribution < 1.29 is 14.9 Å². The second kappa shape index (κ2) is 5.59. The van der Waals surface area contributed by atoms with Gasteiger partial charge in [0.2, 0.25) is 0 Å². The number of hydrogen-bond donors (Lipinski definition) is 3. The third-order valence-corrected chi connectivity index (χ3v) is 3.85. The van der Waals surface area contributed by atoms with Gasteiger partial charge in [0.15, 0.2) is 0 Å². The van der Waals surface area contributed by atoms with Gasteiger partial charge in [-0.05, 0) is 30.9 Å². The van der Waals surface area contributed by atoms with Gasteiger partial charge in [-0.15, -0.1) is 0 Å². The maximum absolute atomic E-state index is 10.3. The van der Waals surface area contributed by atoms with Gasteiger partial charge in [-0.2, -0.15) is 0 Å². The summed E-state index contributed by atoms with van der Waals surface area (Å²) in [6.07, 6.45) is 3.67. The summed E-state index contributed by atoms with van der Waals surface area (Å²) in [5.41, 5.74) is 6.60. The van der Waals surface area contributed by atoms with Crippen LogP contribution in [0.3, 0.4) is 0 Å². The highest BCUT2D eigenvalue weighted by Crippen LogP contribution is 2.38. The molecule has 100 valence electrons. The molecule has 1 aliphatic rings. The van der Waals surface area contributed by atoms with E-state index in [0.29, 0.717) is 11.3 Å². The number of rotatable bonds is 4. The Kier molecular flexibility index (Phi) is 4.09. The molecular weight excluding hydrogens is 230 g/mol. The van der Waals surface area contributed by atoms with Crippen molar-refractivity contribution >= 4 is 0 Å². The Labute approximate surface area is 107 Å². The maximum atomic E-state index is 10.3. The molecule has 2 atom stereocenters. The van der Waals surface area contributed by atoms with Crippen LogP contribution in [0.15, 0.2) is 18.2 Å². The van der Waals surface area contributed by atoms with E-state index < -0.39 is 12.1 Å². The minimum absolute atomic E-state index is 0.0823. The predicted molar refractivity (Wildman–Crippen MR) is 69.6 cm³/mol. The molecule has 0 spiro atoms. The standard InChI is InChI=1S/C14H21NO3/c1-18-11-8-4-7-10(16)12(11)13(15)14(17)9-5-2-3-6-9/h4,7-9,13-14,16-17H,2-3,5-6,15H2,1H3/t13-,14+/m1/s1.